The smallest absolute Gasteiger partial charge is 0.243 e. The maximum atomic E-state index is 13.0. The van der Waals surface area contributed by atoms with Gasteiger partial charge in [-0.2, -0.15) is 4.31 Å². The van der Waals surface area contributed by atoms with Gasteiger partial charge < -0.3 is 9.64 Å². The lowest BCUT2D eigenvalue weighted by atomic mass is 10.2. The van der Waals surface area contributed by atoms with Gasteiger partial charge in [-0.05, 0) is 39.3 Å². The van der Waals surface area contributed by atoms with E-state index in [0.29, 0.717) is 50.7 Å². The third kappa shape index (κ3) is 4.74. The summed E-state index contributed by atoms with van der Waals surface area (Å²) in [6, 6.07) is 5.42. The van der Waals surface area contributed by atoms with Gasteiger partial charge in [0.05, 0.1) is 23.6 Å². The molecule has 7 nitrogen and oxygen atoms in total. The summed E-state index contributed by atoms with van der Waals surface area (Å²) in [5.74, 6) is 0.0905. The minimum atomic E-state index is -3.50. The van der Waals surface area contributed by atoms with E-state index in [-0.39, 0.29) is 18.1 Å². The average molecular weight is 410 g/mol. The number of sulfonamides is 1. The summed E-state index contributed by atoms with van der Waals surface area (Å²) in [4.78, 5) is 16.9. The molecule has 156 valence electrons. The average Bonchev–Trinajstić information content (AvgIpc) is 2.61. The molecule has 0 bridgehead atoms. The molecule has 2 aliphatic rings. The van der Waals surface area contributed by atoms with Gasteiger partial charge >= 0.3 is 0 Å². The molecule has 0 saturated carbocycles. The van der Waals surface area contributed by atoms with Gasteiger partial charge in [-0.25, -0.2) is 8.42 Å². The molecule has 0 radical (unpaired) electrons. The number of nitrogens with zero attached hydrogens (tertiary/aromatic N) is 3. The Labute approximate surface area is 168 Å². The van der Waals surface area contributed by atoms with E-state index in [2.05, 4.69) is 0 Å². The third-order valence-corrected chi connectivity index (χ3v) is 7.47. The molecular weight excluding hydrogens is 378 g/mol. The second-order valence-electron chi connectivity index (χ2n) is 8.01. The fraction of sp³-hybridized carbons (Fsp3) is 0.650. The summed E-state index contributed by atoms with van der Waals surface area (Å²) in [6.45, 7) is 11.2. The van der Waals surface area contributed by atoms with Crippen molar-refractivity contribution in [2.75, 3.05) is 45.8 Å². The number of rotatable bonds is 4. The number of carbonyl (C=O) groups excluding carboxylic acids is 1. The van der Waals surface area contributed by atoms with Crippen molar-refractivity contribution in [2.24, 2.45) is 0 Å². The molecule has 1 amide bonds. The van der Waals surface area contributed by atoms with Gasteiger partial charge in [0.25, 0.3) is 0 Å². The summed E-state index contributed by atoms with van der Waals surface area (Å²) in [5, 5.41) is 0. The summed E-state index contributed by atoms with van der Waals surface area (Å²) in [7, 11) is -3.50. The Morgan fingerprint density at radius 2 is 1.68 bits per heavy atom. The summed E-state index contributed by atoms with van der Waals surface area (Å²) in [6.07, 6.45) is 0.0971. The van der Waals surface area contributed by atoms with Crippen molar-refractivity contribution in [1.29, 1.82) is 0 Å². The molecule has 0 unspecified atom stereocenters. The number of hydrogen-bond donors (Lipinski definition) is 0. The first-order valence-corrected chi connectivity index (χ1v) is 11.3. The fourth-order valence-electron chi connectivity index (χ4n) is 4.03. The van der Waals surface area contributed by atoms with Gasteiger partial charge in [0.1, 0.15) is 0 Å². The quantitative estimate of drug-likeness (QED) is 0.749. The van der Waals surface area contributed by atoms with Gasteiger partial charge in [-0.3, -0.25) is 9.69 Å². The number of carbonyl (C=O) groups is 1. The molecule has 8 heteroatoms. The fourth-order valence-corrected chi connectivity index (χ4v) is 5.66. The van der Waals surface area contributed by atoms with Crippen LogP contribution < -0.4 is 0 Å². The normalized spacial score (nSPS) is 25.1. The molecule has 0 spiro atoms. The first-order valence-electron chi connectivity index (χ1n) is 9.90. The molecule has 28 heavy (non-hydrogen) atoms. The molecule has 2 saturated heterocycles. The van der Waals surface area contributed by atoms with E-state index in [1.54, 1.807) is 6.07 Å². The van der Waals surface area contributed by atoms with E-state index in [1.165, 1.54) is 4.31 Å². The molecule has 1 aromatic rings. The zero-order valence-electron chi connectivity index (χ0n) is 17.2. The van der Waals surface area contributed by atoms with Crippen molar-refractivity contribution >= 4 is 15.9 Å². The molecule has 3 rings (SSSR count). The highest BCUT2D eigenvalue weighted by molar-refractivity contribution is 7.89. The Hall–Kier alpha value is -1.48. The number of morpholine rings is 1. The van der Waals surface area contributed by atoms with Crippen LogP contribution in [0.3, 0.4) is 0 Å². The van der Waals surface area contributed by atoms with E-state index in [4.69, 9.17) is 4.74 Å². The van der Waals surface area contributed by atoms with Gasteiger partial charge in [0.15, 0.2) is 0 Å². The predicted molar refractivity (Wildman–Crippen MR) is 108 cm³/mol. The lowest BCUT2D eigenvalue weighted by molar-refractivity contribution is -0.144. The number of benzene rings is 1. The number of piperazine rings is 1. The third-order valence-electron chi connectivity index (χ3n) is 5.41. The zero-order chi connectivity index (χ0) is 20.5. The molecule has 1 aromatic carbocycles. The van der Waals surface area contributed by atoms with Crippen molar-refractivity contribution in [3.05, 3.63) is 29.3 Å². The summed E-state index contributed by atoms with van der Waals surface area (Å²) >= 11 is 0. The zero-order valence-corrected chi connectivity index (χ0v) is 18.0. The largest absolute Gasteiger partial charge is 0.372 e. The maximum absolute atomic E-state index is 13.0. The minimum absolute atomic E-state index is 0.0486. The van der Waals surface area contributed by atoms with Crippen LogP contribution in [-0.2, 0) is 19.6 Å². The summed E-state index contributed by atoms with van der Waals surface area (Å²) < 4.78 is 33.2. The molecule has 2 fully saturated rings. The highest BCUT2D eigenvalue weighted by Gasteiger charge is 2.32. The van der Waals surface area contributed by atoms with Crippen LogP contribution in [0.15, 0.2) is 23.1 Å². The lowest BCUT2D eigenvalue weighted by Gasteiger charge is -2.38. The second-order valence-corrected chi connectivity index (χ2v) is 9.91. The van der Waals surface area contributed by atoms with Gasteiger partial charge in [0.2, 0.25) is 15.9 Å². The van der Waals surface area contributed by atoms with Crippen LogP contribution in [0, 0.1) is 13.8 Å². The molecule has 0 N–H and O–H groups in total. The topological polar surface area (TPSA) is 70.2 Å². The molecule has 2 aliphatic heterocycles. The van der Waals surface area contributed by atoms with E-state index in [9.17, 15) is 13.2 Å². The van der Waals surface area contributed by atoms with Gasteiger partial charge in [-0.1, -0.05) is 17.7 Å². The number of amides is 1. The van der Waals surface area contributed by atoms with Crippen LogP contribution in [0.5, 0.6) is 0 Å². The monoisotopic (exact) mass is 409 g/mol. The van der Waals surface area contributed by atoms with Gasteiger partial charge in [0, 0.05) is 39.3 Å². The Morgan fingerprint density at radius 1 is 1.07 bits per heavy atom. The Kier molecular flexibility index (Phi) is 6.44. The molecular formula is C20H31N3O4S. The standard InChI is InChI=1S/C20H31N3O4S/c1-15-5-6-19(16(2)11-15)28(25,26)23-9-7-21(8-10-23)14-20(24)22-12-17(3)27-18(4)13-22/h5-6,11,17-18H,7-10,12-14H2,1-4H3/t17-,18+. The summed E-state index contributed by atoms with van der Waals surface area (Å²) in [5.41, 5.74) is 1.82. The van der Waals surface area contributed by atoms with Crippen LogP contribution in [-0.4, -0.2) is 86.5 Å². The second kappa shape index (κ2) is 8.49. The lowest BCUT2D eigenvalue weighted by Crippen LogP contribution is -2.54. The number of hydrogen-bond acceptors (Lipinski definition) is 5. The SMILES string of the molecule is Cc1ccc(S(=O)(=O)N2CCN(CC(=O)N3C[C@@H](C)O[C@@H](C)C3)CC2)c(C)c1. The van der Waals surface area contributed by atoms with Crippen molar-refractivity contribution < 1.29 is 17.9 Å². The molecule has 2 atom stereocenters. The number of aryl methyl sites for hydroxylation is 2. The van der Waals surface area contributed by atoms with Gasteiger partial charge in [-0.15, -0.1) is 0 Å². The minimum Gasteiger partial charge on any atom is -0.372 e. The van der Waals surface area contributed by atoms with E-state index in [0.717, 1.165) is 11.1 Å². The Balaban J connectivity index is 1.57. The first-order chi connectivity index (χ1) is 13.2. The van der Waals surface area contributed by atoms with Crippen molar-refractivity contribution in [3.63, 3.8) is 0 Å². The van der Waals surface area contributed by atoms with Crippen LogP contribution in [0.1, 0.15) is 25.0 Å². The van der Waals surface area contributed by atoms with E-state index >= 15 is 0 Å². The maximum Gasteiger partial charge on any atom is 0.243 e. The Morgan fingerprint density at radius 3 is 2.25 bits per heavy atom. The van der Waals surface area contributed by atoms with Crippen LogP contribution in [0.25, 0.3) is 0 Å². The first kappa shape index (κ1) is 21.2. The van der Waals surface area contributed by atoms with Crippen molar-refractivity contribution in [2.45, 2.75) is 44.8 Å². The number of ether oxygens (including phenoxy) is 1. The molecule has 2 heterocycles. The van der Waals surface area contributed by atoms with Crippen LogP contribution in [0.4, 0.5) is 0 Å². The van der Waals surface area contributed by atoms with E-state index < -0.39 is 10.0 Å². The van der Waals surface area contributed by atoms with Crippen molar-refractivity contribution in [1.82, 2.24) is 14.1 Å². The van der Waals surface area contributed by atoms with Crippen LogP contribution in [0.2, 0.25) is 0 Å². The highest BCUT2D eigenvalue weighted by Crippen LogP contribution is 2.22. The van der Waals surface area contributed by atoms with E-state index in [1.807, 2.05) is 49.6 Å². The van der Waals surface area contributed by atoms with Crippen molar-refractivity contribution in [3.8, 4) is 0 Å². The Bertz CT molecular complexity index is 809. The highest BCUT2D eigenvalue weighted by atomic mass is 32.2. The molecule has 0 aromatic heterocycles. The molecule has 0 aliphatic carbocycles. The predicted octanol–water partition coefficient (Wildman–Crippen LogP) is 1.25. The van der Waals surface area contributed by atoms with Crippen LogP contribution >= 0.6 is 0 Å².